The van der Waals surface area contributed by atoms with Gasteiger partial charge in [0.15, 0.2) is 0 Å². The van der Waals surface area contributed by atoms with Crippen molar-refractivity contribution in [3.05, 3.63) is 94.5 Å². The Morgan fingerprint density at radius 1 is 0.906 bits per heavy atom. The van der Waals surface area contributed by atoms with Crippen LogP contribution in [0.15, 0.2) is 76.1 Å². The van der Waals surface area contributed by atoms with Crippen LogP contribution in [0.5, 0.6) is 5.75 Å². The Morgan fingerprint density at radius 2 is 1.59 bits per heavy atom. The average Bonchev–Trinajstić information content (AvgIpc) is 2.72. The molecule has 0 fully saturated rings. The maximum atomic E-state index is 13.1. The number of nitrogens with zero attached hydrogens (tertiary/aromatic N) is 1. The van der Waals surface area contributed by atoms with E-state index < -0.39 is 11.9 Å². The molecule has 0 aliphatic carbocycles. The van der Waals surface area contributed by atoms with Crippen LogP contribution in [-0.4, -0.2) is 22.1 Å². The van der Waals surface area contributed by atoms with E-state index in [1.54, 1.807) is 12.1 Å². The van der Waals surface area contributed by atoms with Crippen LogP contribution in [0.1, 0.15) is 31.8 Å². The number of phenols is 1. The minimum atomic E-state index is -1.05. The Morgan fingerprint density at radius 3 is 2.25 bits per heavy atom. The number of anilines is 1. The van der Waals surface area contributed by atoms with E-state index in [0.717, 1.165) is 11.1 Å². The fourth-order valence-corrected chi connectivity index (χ4v) is 3.39. The van der Waals surface area contributed by atoms with Gasteiger partial charge in [-0.05, 0) is 79.6 Å². The second-order valence-corrected chi connectivity index (χ2v) is 7.48. The van der Waals surface area contributed by atoms with Gasteiger partial charge in [-0.1, -0.05) is 6.07 Å². The van der Waals surface area contributed by atoms with E-state index >= 15 is 0 Å². The molecule has 3 N–H and O–H groups in total. The first-order chi connectivity index (χ1) is 15.3. The first-order valence-corrected chi connectivity index (χ1v) is 9.83. The highest BCUT2D eigenvalue weighted by atomic mass is 16.4. The van der Waals surface area contributed by atoms with Gasteiger partial charge in [0.05, 0.1) is 11.3 Å². The highest BCUT2D eigenvalue weighted by Gasteiger charge is 2.14. The maximum absolute atomic E-state index is 13.1. The zero-order valence-corrected chi connectivity index (χ0v) is 17.4. The number of hydrogen-bond acceptors (Lipinski definition) is 5. The van der Waals surface area contributed by atoms with Crippen LogP contribution in [-0.2, 0) is 0 Å². The van der Waals surface area contributed by atoms with Crippen molar-refractivity contribution in [3.63, 3.8) is 0 Å². The molecule has 0 saturated heterocycles. The van der Waals surface area contributed by atoms with E-state index in [-0.39, 0.29) is 22.4 Å². The van der Waals surface area contributed by atoms with Crippen molar-refractivity contribution in [1.29, 1.82) is 0 Å². The van der Waals surface area contributed by atoms with Crippen molar-refractivity contribution >= 4 is 34.2 Å². The highest BCUT2D eigenvalue weighted by molar-refractivity contribution is 6.05. The van der Waals surface area contributed by atoms with Crippen LogP contribution >= 0.6 is 0 Å². The van der Waals surface area contributed by atoms with Crippen molar-refractivity contribution in [2.45, 2.75) is 13.8 Å². The summed E-state index contributed by atoms with van der Waals surface area (Å²) >= 11 is 0. The van der Waals surface area contributed by atoms with Crippen molar-refractivity contribution in [2.24, 2.45) is 4.99 Å². The average molecular weight is 428 g/mol. The Hall–Kier alpha value is -4.39. The number of aryl methyl sites for hydroxylation is 2. The number of benzene rings is 3. The lowest BCUT2D eigenvalue weighted by Crippen LogP contribution is -2.21. The highest BCUT2D eigenvalue weighted by Crippen LogP contribution is 2.21. The minimum Gasteiger partial charge on any atom is -0.508 e. The van der Waals surface area contributed by atoms with Gasteiger partial charge in [0, 0.05) is 17.1 Å². The summed E-state index contributed by atoms with van der Waals surface area (Å²) in [5, 5.41) is 22.4. The summed E-state index contributed by atoms with van der Waals surface area (Å²) in [5.41, 5.74) is 3.81. The molecule has 4 rings (SSSR count). The summed E-state index contributed by atoms with van der Waals surface area (Å²) < 4.78 is 5.86. The predicted molar refractivity (Wildman–Crippen MR) is 120 cm³/mol. The van der Waals surface area contributed by atoms with E-state index in [1.165, 1.54) is 36.4 Å². The lowest BCUT2D eigenvalue weighted by atomic mass is 10.1. The molecular formula is C25H20N2O5. The fraction of sp³-hybridized carbons (Fsp3) is 0.0800. The third-order valence-electron chi connectivity index (χ3n) is 4.80. The summed E-state index contributed by atoms with van der Waals surface area (Å²) in [6.45, 7) is 3.89. The molecule has 7 nitrogen and oxygen atoms in total. The number of hydrogen-bond donors (Lipinski definition) is 3. The number of rotatable bonds is 4. The second kappa shape index (κ2) is 8.39. The molecule has 0 unspecified atom stereocenters. The Labute approximate surface area is 183 Å². The lowest BCUT2D eigenvalue weighted by Gasteiger charge is -2.09. The van der Waals surface area contributed by atoms with Crippen molar-refractivity contribution in [2.75, 3.05) is 5.32 Å². The van der Waals surface area contributed by atoms with Gasteiger partial charge in [-0.2, -0.15) is 0 Å². The molecular weight excluding hydrogens is 408 g/mol. The number of carboxylic acids is 1. The molecule has 4 aromatic rings. The molecule has 160 valence electrons. The summed E-state index contributed by atoms with van der Waals surface area (Å²) in [5.74, 6) is -1.43. The number of aromatic hydroxyl groups is 1. The van der Waals surface area contributed by atoms with Gasteiger partial charge in [-0.3, -0.25) is 4.79 Å². The standard InChI is InChI=1S/C25H20N2O5/c1-14-9-15(2)11-19(10-14)26-23(29)21-12-17-5-8-20(28)13-22(17)32-24(21)27-18-6-3-16(4-7-18)25(30)31/h3-13,28H,1-2H3,(H,26,29)(H,30,31). The lowest BCUT2D eigenvalue weighted by molar-refractivity contribution is 0.0696. The molecule has 1 heterocycles. The molecule has 1 amide bonds. The van der Waals surface area contributed by atoms with Gasteiger partial charge in [-0.15, -0.1) is 0 Å². The monoisotopic (exact) mass is 428 g/mol. The molecule has 0 aliphatic heterocycles. The normalized spacial score (nSPS) is 11.5. The maximum Gasteiger partial charge on any atom is 0.335 e. The molecule has 0 atom stereocenters. The number of carbonyl (C=O) groups excluding carboxylic acids is 1. The van der Waals surface area contributed by atoms with Crippen LogP contribution in [0.2, 0.25) is 0 Å². The van der Waals surface area contributed by atoms with Crippen LogP contribution in [0.4, 0.5) is 11.4 Å². The smallest absolute Gasteiger partial charge is 0.335 e. The number of amides is 1. The first-order valence-electron chi connectivity index (χ1n) is 9.83. The molecule has 7 heteroatoms. The van der Waals surface area contributed by atoms with Gasteiger partial charge in [0.1, 0.15) is 16.9 Å². The summed E-state index contributed by atoms with van der Waals surface area (Å²) in [4.78, 5) is 28.6. The van der Waals surface area contributed by atoms with Gasteiger partial charge < -0.3 is 19.9 Å². The van der Waals surface area contributed by atoms with E-state index in [4.69, 9.17) is 9.52 Å². The number of phenolic OH excluding ortho intramolecular Hbond substituents is 1. The van der Waals surface area contributed by atoms with Crippen LogP contribution in [0.3, 0.4) is 0 Å². The molecule has 3 aromatic carbocycles. The number of fused-ring (bicyclic) bond motifs is 1. The van der Waals surface area contributed by atoms with E-state index in [9.17, 15) is 14.7 Å². The zero-order chi connectivity index (χ0) is 22.8. The SMILES string of the molecule is Cc1cc(C)cc(NC(=O)c2cc3ccc(O)cc3oc2=Nc2ccc(C(=O)O)cc2)c1. The Kier molecular flexibility index (Phi) is 5.47. The van der Waals surface area contributed by atoms with Crippen molar-refractivity contribution < 1.29 is 24.2 Å². The molecule has 0 radical (unpaired) electrons. The van der Waals surface area contributed by atoms with E-state index in [2.05, 4.69) is 10.3 Å². The number of carboxylic acid groups (broad SMARTS) is 1. The van der Waals surface area contributed by atoms with Gasteiger partial charge in [0.25, 0.3) is 5.91 Å². The molecule has 0 bridgehead atoms. The second-order valence-electron chi connectivity index (χ2n) is 7.48. The zero-order valence-electron chi connectivity index (χ0n) is 17.4. The topological polar surface area (TPSA) is 112 Å². The van der Waals surface area contributed by atoms with Crippen LogP contribution in [0, 0.1) is 13.8 Å². The third-order valence-corrected chi connectivity index (χ3v) is 4.80. The number of carbonyl (C=O) groups is 2. The Bertz CT molecular complexity index is 1400. The molecule has 1 aromatic heterocycles. The predicted octanol–water partition coefficient (Wildman–Crippen LogP) is 4.94. The molecule has 0 aliphatic rings. The number of nitrogens with one attached hydrogen (secondary N) is 1. The van der Waals surface area contributed by atoms with Crippen LogP contribution in [0.25, 0.3) is 11.0 Å². The largest absolute Gasteiger partial charge is 0.508 e. The van der Waals surface area contributed by atoms with Crippen LogP contribution < -0.4 is 10.9 Å². The van der Waals surface area contributed by atoms with Crippen molar-refractivity contribution in [3.8, 4) is 5.75 Å². The quantitative estimate of drug-likeness (QED) is 0.426. The minimum absolute atomic E-state index is 0.0189. The summed E-state index contributed by atoms with van der Waals surface area (Å²) in [6, 6.07) is 17.9. The van der Waals surface area contributed by atoms with Gasteiger partial charge in [0.2, 0.25) is 5.55 Å². The number of aromatic carboxylic acids is 1. The molecule has 32 heavy (non-hydrogen) atoms. The third kappa shape index (κ3) is 4.52. The van der Waals surface area contributed by atoms with E-state index in [0.29, 0.717) is 22.3 Å². The van der Waals surface area contributed by atoms with E-state index in [1.807, 2.05) is 32.0 Å². The fourth-order valence-electron chi connectivity index (χ4n) is 3.39. The molecule has 0 spiro atoms. The first kappa shape index (κ1) is 20.9. The Balaban J connectivity index is 1.83. The molecule has 0 saturated carbocycles. The summed E-state index contributed by atoms with van der Waals surface area (Å²) in [7, 11) is 0. The van der Waals surface area contributed by atoms with Gasteiger partial charge >= 0.3 is 5.97 Å². The van der Waals surface area contributed by atoms with Gasteiger partial charge in [-0.25, -0.2) is 9.79 Å². The summed E-state index contributed by atoms with van der Waals surface area (Å²) in [6.07, 6.45) is 0. The van der Waals surface area contributed by atoms with Crippen molar-refractivity contribution in [1.82, 2.24) is 0 Å².